The van der Waals surface area contributed by atoms with E-state index < -0.39 is 0 Å². The molecule has 0 radical (unpaired) electrons. The van der Waals surface area contributed by atoms with E-state index in [0.717, 1.165) is 5.56 Å². The molecule has 1 N–H and O–H groups in total. The van der Waals surface area contributed by atoms with E-state index in [1.54, 1.807) is 36.4 Å². The van der Waals surface area contributed by atoms with Crippen LogP contribution in [0, 0.1) is 0 Å². The van der Waals surface area contributed by atoms with E-state index in [4.69, 9.17) is 32.5 Å². The zero-order valence-corrected chi connectivity index (χ0v) is 14.6. The van der Waals surface area contributed by atoms with Crippen molar-refractivity contribution in [1.82, 2.24) is 15.5 Å². The van der Waals surface area contributed by atoms with Gasteiger partial charge in [-0.1, -0.05) is 28.4 Å². The zero-order valence-electron chi connectivity index (χ0n) is 13.1. The smallest absolute Gasteiger partial charge is 0.255 e. The molecule has 0 saturated carbocycles. The van der Waals surface area contributed by atoms with Gasteiger partial charge in [-0.3, -0.25) is 4.79 Å². The van der Waals surface area contributed by atoms with Crippen LogP contribution in [0.3, 0.4) is 0 Å². The molecule has 0 aliphatic rings. The Kier molecular flexibility index (Phi) is 5.21. The summed E-state index contributed by atoms with van der Waals surface area (Å²) >= 11 is 11.8. The van der Waals surface area contributed by atoms with E-state index >= 15 is 0 Å². The molecule has 2 aromatic carbocycles. The van der Waals surface area contributed by atoms with Crippen LogP contribution in [-0.2, 0) is 6.54 Å². The predicted octanol–water partition coefficient (Wildman–Crippen LogP) is 3.98. The van der Waals surface area contributed by atoms with Crippen LogP contribution in [0.2, 0.25) is 10.0 Å². The fourth-order valence-corrected chi connectivity index (χ4v) is 2.45. The summed E-state index contributed by atoms with van der Waals surface area (Å²) in [5, 5.41) is 7.64. The standard InChI is InChI=1S/C17H13Cl2N3O3/c1-24-14-7-6-12(19)8-13(14)17(23)20-9-15-21-16(22-25-15)10-2-4-11(18)5-3-10/h2-8H,9H2,1H3,(H,20,23). The summed E-state index contributed by atoms with van der Waals surface area (Å²) in [6.45, 7) is 0.0785. The monoisotopic (exact) mass is 377 g/mol. The normalized spacial score (nSPS) is 10.5. The highest BCUT2D eigenvalue weighted by atomic mass is 35.5. The van der Waals surface area contributed by atoms with Crippen molar-refractivity contribution in [3.8, 4) is 17.1 Å². The number of ether oxygens (including phenoxy) is 1. The van der Waals surface area contributed by atoms with Crippen molar-refractivity contribution in [2.75, 3.05) is 7.11 Å². The van der Waals surface area contributed by atoms with Gasteiger partial charge in [-0.15, -0.1) is 0 Å². The quantitative estimate of drug-likeness (QED) is 0.727. The van der Waals surface area contributed by atoms with Crippen LogP contribution in [0.15, 0.2) is 47.0 Å². The second kappa shape index (κ2) is 7.55. The van der Waals surface area contributed by atoms with Crippen LogP contribution in [0.5, 0.6) is 5.75 Å². The molecule has 0 aliphatic heterocycles. The number of nitrogens with zero attached hydrogens (tertiary/aromatic N) is 2. The SMILES string of the molecule is COc1ccc(Cl)cc1C(=O)NCc1nc(-c2ccc(Cl)cc2)no1. The molecule has 0 atom stereocenters. The van der Waals surface area contributed by atoms with Gasteiger partial charge in [0.1, 0.15) is 5.75 Å². The van der Waals surface area contributed by atoms with Crippen molar-refractivity contribution in [2.24, 2.45) is 0 Å². The van der Waals surface area contributed by atoms with Gasteiger partial charge in [0.25, 0.3) is 5.91 Å². The van der Waals surface area contributed by atoms with E-state index in [-0.39, 0.29) is 18.3 Å². The van der Waals surface area contributed by atoms with Gasteiger partial charge >= 0.3 is 0 Å². The highest BCUT2D eigenvalue weighted by Gasteiger charge is 2.15. The maximum Gasteiger partial charge on any atom is 0.255 e. The Balaban J connectivity index is 1.69. The van der Waals surface area contributed by atoms with Gasteiger partial charge in [0.2, 0.25) is 11.7 Å². The minimum Gasteiger partial charge on any atom is -0.496 e. The van der Waals surface area contributed by atoms with Crippen LogP contribution in [-0.4, -0.2) is 23.2 Å². The number of amides is 1. The lowest BCUT2D eigenvalue weighted by molar-refractivity contribution is 0.0943. The van der Waals surface area contributed by atoms with Gasteiger partial charge in [-0.25, -0.2) is 0 Å². The van der Waals surface area contributed by atoms with Crippen molar-refractivity contribution in [3.63, 3.8) is 0 Å². The fraction of sp³-hybridized carbons (Fsp3) is 0.118. The largest absolute Gasteiger partial charge is 0.496 e. The number of aromatic nitrogens is 2. The molecule has 1 amide bonds. The molecule has 0 saturated heterocycles. The molecule has 128 valence electrons. The lowest BCUT2D eigenvalue weighted by Gasteiger charge is -2.08. The predicted molar refractivity (Wildman–Crippen MR) is 93.9 cm³/mol. The number of rotatable bonds is 5. The van der Waals surface area contributed by atoms with Crippen LogP contribution in [0.25, 0.3) is 11.4 Å². The molecule has 0 unspecified atom stereocenters. The van der Waals surface area contributed by atoms with Gasteiger partial charge in [0, 0.05) is 15.6 Å². The summed E-state index contributed by atoms with van der Waals surface area (Å²) in [4.78, 5) is 16.6. The summed E-state index contributed by atoms with van der Waals surface area (Å²) in [6, 6.07) is 11.8. The number of carbonyl (C=O) groups excluding carboxylic acids is 1. The Morgan fingerprint density at radius 3 is 2.60 bits per heavy atom. The summed E-state index contributed by atoms with van der Waals surface area (Å²) in [5.41, 5.74) is 1.09. The molecular weight excluding hydrogens is 365 g/mol. The van der Waals surface area contributed by atoms with Crippen LogP contribution in [0.4, 0.5) is 0 Å². The van der Waals surface area contributed by atoms with Gasteiger partial charge in [-0.2, -0.15) is 4.98 Å². The number of benzene rings is 2. The molecule has 0 spiro atoms. The maximum absolute atomic E-state index is 12.3. The van der Waals surface area contributed by atoms with Crippen LogP contribution in [0.1, 0.15) is 16.2 Å². The Morgan fingerprint density at radius 1 is 1.16 bits per heavy atom. The molecule has 6 nitrogen and oxygen atoms in total. The second-order valence-corrected chi connectivity index (χ2v) is 5.92. The Hall–Kier alpha value is -2.57. The number of carbonyl (C=O) groups is 1. The van der Waals surface area contributed by atoms with E-state index in [1.165, 1.54) is 13.2 Å². The Morgan fingerprint density at radius 2 is 1.88 bits per heavy atom. The summed E-state index contributed by atoms with van der Waals surface area (Å²) in [7, 11) is 1.48. The van der Waals surface area contributed by atoms with Gasteiger partial charge in [0.15, 0.2) is 0 Å². The molecule has 3 aromatic rings. The summed E-state index contributed by atoms with van der Waals surface area (Å²) in [6.07, 6.45) is 0. The van der Waals surface area contributed by atoms with Gasteiger partial charge < -0.3 is 14.6 Å². The number of methoxy groups -OCH3 is 1. The van der Waals surface area contributed by atoms with Gasteiger partial charge in [-0.05, 0) is 42.5 Å². The van der Waals surface area contributed by atoms with Crippen molar-refractivity contribution in [3.05, 3.63) is 64.0 Å². The highest BCUT2D eigenvalue weighted by Crippen LogP contribution is 2.23. The molecule has 3 rings (SSSR count). The fourth-order valence-electron chi connectivity index (χ4n) is 2.15. The topological polar surface area (TPSA) is 77.2 Å². The van der Waals surface area contributed by atoms with Crippen molar-refractivity contribution in [2.45, 2.75) is 6.54 Å². The molecule has 8 heteroatoms. The first-order chi connectivity index (χ1) is 12.1. The second-order valence-electron chi connectivity index (χ2n) is 5.05. The first-order valence-electron chi connectivity index (χ1n) is 7.27. The van der Waals surface area contributed by atoms with Gasteiger partial charge in [0.05, 0.1) is 19.2 Å². The third kappa shape index (κ3) is 4.10. The molecule has 0 aliphatic carbocycles. The molecule has 1 aromatic heterocycles. The number of hydrogen-bond acceptors (Lipinski definition) is 5. The van der Waals surface area contributed by atoms with Crippen molar-refractivity contribution < 1.29 is 14.1 Å². The Labute approximate surface area is 153 Å². The number of hydrogen-bond donors (Lipinski definition) is 1. The van der Waals surface area contributed by atoms with E-state index in [2.05, 4.69) is 15.5 Å². The highest BCUT2D eigenvalue weighted by molar-refractivity contribution is 6.31. The maximum atomic E-state index is 12.3. The third-order valence-electron chi connectivity index (χ3n) is 3.38. The Bertz CT molecular complexity index is 894. The molecule has 25 heavy (non-hydrogen) atoms. The molecular formula is C17H13Cl2N3O3. The lowest BCUT2D eigenvalue weighted by Crippen LogP contribution is -2.23. The van der Waals surface area contributed by atoms with Crippen LogP contribution < -0.4 is 10.1 Å². The number of halogens is 2. The first kappa shape index (κ1) is 17.3. The van der Waals surface area contributed by atoms with Crippen molar-refractivity contribution >= 4 is 29.1 Å². The van der Waals surface area contributed by atoms with Crippen molar-refractivity contribution in [1.29, 1.82) is 0 Å². The third-order valence-corrected chi connectivity index (χ3v) is 3.86. The van der Waals surface area contributed by atoms with E-state index in [0.29, 0.717) is 27.2 Å². The lowest BCUT2D eigenvalue weighted by atomic mass is 10.2. The average Bonchev–Trinajstić information content (AvgIpc) is 3.09. The minimum atomic E-state index is -0.356. The average molecular weight is 378 g/mol. The summed E-state index contributed by atoms with van der Waals surface area (Å²) in [5.74, 6) is 0.764. The molecule has 1 heterocycles. The summed E-state index contributed by atoms with van der Waals surface area (Å²) < 4.78 is 10.3. The molecule has 0 bridgehead atoms. The van der Waals surface area contributed by atoms with E-state index in [9.17, 15) is 4.79 Å². The number of nitrogens with one attached hydrogen (secondary N) is 1. The minimum absolute atomic E-state index is 0.0785. The zero-order chi connectivity index (χ0) is 17.8. The van der Waals surface area contributed by atoms with E-state index in [1.807, 2.05) is 0 Å². The molecule has 0 fully saturated rings. The van der Waals surface area contributed by atoms with Crippen LogP contribution >= 0.6 is 23.2 Å². The first-order valence-corrected chi connectivity index (χ1v) is 8.02.